The predicted molar refractivity (Wildman–Crippen MR) is 78.0 cm³/mol. The summed E-state index contributed by atoms with van der Waals surface area (Å²) in [7, 11) is 1.64. The van der Waals surface area contributed by atoms with Gasteiger partial charge >= 0.3 is 5.69 Å². The molecule has 104 valence electrons. The Kier molecular flexibility index (Phi) is 3.62. The van der Waals surface area contributed by atoms with Crippen molar-refractivity contribution >= 4 is 22.6 Å². The van der Waals surface area contributed by atoms with E-state index in [9.17, 15) is 4.79 Å². The first kappa shape index (κ1) is 13.0. The highest BCUT2D eigenvalue weighted by atomic mass is 32.1. The van der Waals surface area contributed by atoms with Crippen LogP contribution in [0.1, 0.15) is 6.42 Å². The van der Waals surface area contributed by atoms with Crippen LogP contribution in [0.3, 0.4) is 0 Å². The molecule has 6 nitrogen and oxygen atoms in total. The number of H-pyrrole nitrogens is 1. The van der Waals surface area contributed by atoms with Crippen LogP contribution in [0, 0.1) is 0 Å². The monoisotopic (exact) mass is 290 g/mol. The molecule has 0 amide bonds. The van der Waals surface area contributed by atoms with Crippen molar-refractivity contribution in [2.45, 2.75) is 13.0 Å². The number of aromatic amines is 1. The number of ether oxygens (including phenoxy) is 1. The number of nitrogens with one attached hydrogen (secondary N) is 1. The van der Waals surface area contributed by atoms with Gasteiger partial charge in [-0.15, -0.1) is 0 Å². The number of fused-ring (bicyclic) bond motifs is 1. The van der Waals surface area contributed by atoms with Gasteiger partial charge in [0.1, 0.15) is 0 Å². The van der Waals surface area contributed by atoms with Crippen LogP contribution in [0.2, 0.25) is 0 Å². The van der Waals surface area contributed by atoms with Gasteiger partial charge in [-0.1, -0.05) is 0 Å². The van der Waals surface area contributed by atoms with Crippen LogP contribution in [-0.2, 0) is 11.3 Å². The van der Waals surface area contributed by atoms with Crippen molar-refractivity contribution in [2.24, 2.45) is 0 Å². The van der Waals surface area contributed by atoms with E-state index in [1.54, 1.807) is 29.2 Å². The fraction of sp³-hybridized carbons (Fsp3) is 0.308. The lowest BCUT2D eigenvalue weighted by molar-refractivity contribution is 0.190. The summed E-state index contributed by atoms with van der Waals surface area (Å²) in [5.74, 6) is 0. The van der Waals surface area contributed by atoms with E-state index in [-0.39, 0.29) is 5.69 Å². The normalized spacial score (nSPS) is 11.2. The average molecular weight is 290 g/mol. The SMILES string of the molecule is COCCCn1c(=O)[nH]c2nc(-c3ccsc3)cnc21. The largest absolute Gasteiger partial charge is 0.385 e. The maximum absolute atomic E-state index is 11.9. The minimum absolute atomic E-state index is 0.182. The van der Waals surface area contributed by atoms with Gasteiger partial charge in [0.25, 0.3) is 0 Å². The lowest BCUT2D eigenvalue weighted by Gasteiger charge is -2.02. The molecule has 0 aliphatic heterocycles. The van der Waals surface area contributed by atoms with E-state index in [4.69, 9.17) is 4.74 Å². The second-order valence-electron chi connectivity index (χ2n) is 4.37. The number of methoxy groups -OCH3 is 1. The van der Waals surface area contributed by atoms with Crippen molar-refractivity contribution in [3.8, 4) is 11.3 Å². The quantitative estimate of drug-likeness (QED) is 0.728. The molecule has 0 atom stereocenters. The smallest absolute Gasteiger partial charge is 0.328 e. The molecule has 7 heteroatoms. The molecule has 20 heavy (non-hydrogen) atoms. The molecule has 0 fully saturated rings. The zero-order valence-electron chi connectivity index (χ0n) is 11.0. The Hall–Kier alpha value is -1.99. The van der Waals surface area contributed by atoms with E-state index in [1.807, 2.05) is 16.8 Å². The number of imidazole rings is 1. The number of hydrogen-bond donors (Lipinski definition) is 1. The third-order valence-corrected chi connectivity index (χ3v) is 3.71. The van der Waals surface area contributed by atoms with Crippen molar-refractivity contribution in [1.82, 2.24) is 19.5 Å². The average Bonchev–Trinajstić information content (AvgIpc) is 3.07. The number of aromatic nitrogens is 4. The summed E-state index contributed by atoms with van der Waals surface area (Å²) in [5.41, 5.74) is 2.71. The van der Waals surface area contributed by atoms with Crippen LogP contribution >= 0.6 is 11.3 Å². The highest BCUT2D eigenvalue weighted by Crippen LogP contribution is 2.20. The van der Waals surface area contributed by atoms with Crippen LogP contribution < -0.4 is 5.69 Å². The molecule has 3 aromatic rings. The number of hydrogen-bond acceptors (Lipinski definition) is 5. The molecule has 0 saturated carbocycles. The van der Waals surface area contributed by atoms with Crippen LogP contribution in [0.5, 0.6) is 0 Å². The Morgan fingerprint density at radius 2 is 2.40 bits per heavy atom. The van der Waals surface area contributed by atoms with Gasteiger partial charge in [-0.2, -0.15) is 11.3 Å². The summed E-state index contributed by atoms with van der Waals surface area (Å²) in [6.45, 7) is 1.18. The lowest BCUT2D eigenvalue weighted by atomic mass is 10.2. The minimum Gasteiger partial charge on any atom is -0.385 e. The van der Waals surface area contributed by atoms with Crippen LogP contribution in [0.25, 0.3) is 22.6 Å². The fourth-order valence-corrected chi connectivity index (χ4v) is 2.70. The fourth-order valence-electron chi connectivity index (χ4n) is 2.05. The third-order valence-electron chi connectivity index (χ3n) is 3.03. The second kappa shape index (κ2) is 5.56. The molecule has 0 aliphatic carbocycles. The maximum atomic E-state index is 11.9. The number of thiophene rings is 1. The van der Waals surface area contributed by atoms with Gasteiger partial charge in [0.05, 0.1) is 11.9 Å². The first-order valence-corrected chi connectivity index (χ1v) is 7.21. The Labute approximate surface area is 119 Å². The van der Waals surface area contributed by atoms with Crippen LogP contribution in [-0.4, -0.2) is 33.2 Å². The Bertz CT molecular complexity index is 760. The summed E-state index contributed by atoms with van der Waals surface area (Å²) < 4.78 is 6.60. The summed E-state index contributed by atoms with van der Waals surface area (Å²) in [6.07, 6.45) is 2.46. The lowest BCUT2D eigenvalue weighted by Crippen LogP contribution is -2.17. The van der Waals surface area contributed by atoms with Crippen molar-refractivity contribution in [3.63, 3.8) is 0 Å². The van der Waals surface area contributed by atoms with Gasteiger partial charge in [0.15, 0.2) is 11.3 Å². The molecule has 0 bridgehead atoms. The molecule has 0 aromatic carbocycles. The summed E-state index contributed by atoms with van der Waals surface area (Å²) >= 11 is 1.60. The maximum Gasteiger partial charge on any atom is 0.328 e. The van der Waals surface area contributed by atoms with Gasteiger partial charge < -0.3 is 4.74 Å². The number of rotatable bonds is 5. The van der Waals surface area contributed by atoms with Gasteiger partial charge in [-0.05, 0) is 17.9 Å². The molecule has 3 rings (SSSR count). The third kappa shape index (κ3) is 2.37. The summed E-state index contributed by atoms with van der Waals surface area (Å²) in [4.78, 5) is 23.5. The summed E-state index contributed by atoms with van der Waals surface area (Å²) in [5, 5.41) is 3.99. The predicted octanol–water partition coefficient (Wildman–Crippen LogP) is 1.88. The molecule has 0 radical (unpaired) electrons. The zero-order valence-corrected chi connectivity index (χ0v) is 11.8. The van der Waals surface area contributed by atoms with Gasteiger partial charge in [0.2, 0.25) is 0 Å². The minimum atomic E-state index is -0.182. The van der Waals surface area contributed by atoms with Crippen molar-refractivity contribution in [2.75, 3.05) is 13.7 Å². The first-order valence-electron chi connectivity index (χ1n) is 6.26. The van der Waals surface area contributed by atoms with E-state index < -0.39 is 0 Å². The van der Waals surface area contributed by atoms with E-state index in [0.29, 0.717) is 24.4 Å². The van der Waals surface area contributed by atoms with E-state index >= 15 is 0 Å². The topological polar surface area (TPSA) is 72.8 Å². The molecule has 0 spiro atoms. The molecule has 0 aliphatic rings. The van der Waals surface area contributed by atoms with E-state index in [0.717, 1.165) is 17.7 Å². The van der Waals surface area contributed by atoms with Gasteiger partial charge in [-0.3, -0.25) is 9.55 Å². The molecular weight excluding hydrogens is 276 g/mol. The summed E-state index contributed by atoms with van der Waals surface area (Å²) in [6, 6.07) is 1.98. The Balaban J connectivity index is 1.98. The van der Waals surface area contributed by atoms with E-state index in [1.165, 1.54) is 0 Å². The molecule has 0 saturated heterocycles. The van der Waals surface area contributed by atoms with Crippen LogP contribution in [0.4, 0.5) is 0 Å². The number of nitrogens with zero attached hydrogens (tertiary/aromatic N) is 3. The Morgan fingerprint density at radius 3 is 3.15 bits per heavy atom. The first-order chi connectivity index (χ1) is 9.79. The number of aryl methyl sites for hydroxylation is 1. The standard InChI is InChI=1S/C13H14N4O2S/c1-19-5-2-4-17-12-11(16-13(17)18)15-10(7-14-12)9-3-6-20-8-9/h3,6-8H,2,4-5H2,1H3,(H,15,16,18). The Morgan fingerprint density at radius 1 is 1.50 bits per heavy atom. The molecule has 1 N–H and O–H groups in total. The van der Waals surface area contributed by atoms with Crippen molar-refractivity contribution in [3.05, 3.63) is 33.5 Å². The molecular formula is C13H14N4O2S. The zero-order chi connectivity index (χ0) is 13.9. The van der Waals surface area contributed by atoms with E-state index in [2.05, 4.69) is 15.0 Å². The highest BCUT2D eigenvalue weighted by Gasteiger charge is 2.10. The van der Waals surface area contributed by atoms with Crippen LogP contribution in [0.15, 0.2) is 27.8 Å². The van der Waals surface area contributed by atoms with Crippen molar-refractivity contribution < 1.29 is 4.74 Å². The molecule has 3 aromatic heterocycles. The highest BCUT2D eigenvalue weighted by molar-refractivity contribution is 7.08. The van der Waals surface area contributed by atoms with Crippen molar-refractivity contribution in [1.29, 1.82) is 0 Å². The van der Waals surface area contributed by atoms with Gasteiger partial charge in [-0.25, -0.2) is 14.8 Å². The second-order valence-corrected chi connectivity index (χ2v) is 5.15. The molecule has 0 unspecified atom stereocenters. The van der Waals surface area contributed by atoms with Gasteiger partial charge in [0, 0.05) is 31.2 Å². The molecule has 3 heterocycles.